The molecular formula is C10H21O10S2+. The minimum atomic E-state index is -4.97. The quantitative estimate of drug-likeness (QED) is 0.164. The minimum Gasteiger partial charge on any atom is -0.394 e. The van der Waals surface area contributed by atoms with Crippen molar-refractivity contribution >= 4 is 21.3 Å². The highest BCUT2D eigenvalue weighted by Gasteiger charge is 2.51. The Labute approximate surface area is 130 Å². The summed E-state index contributed by atoms with van der Waals surface area (Å²) in [6, 6.07) is 0. The van der Waals surface area contributed by atoms with Gasteiger partial charge in [0.25, 0.3) is 0 Å². The summed E-state index contributed by atoms with van der Waals surface area (Å²) in [5, 5.41) is 56.1. The monoisotopic (exact) mass is 365 g/mol. The van der Waals surface area contributed by atoms with Gasteiger partial charge in [0.15, 0.2) is 5.25 Å². The topological polar surface area (TPSA) is 185 Å². The van der Waals surface area contributed by atoms with E-state index in [2.05, 4.69) is 4.18 Å². The van der Waals surface area contributed by atoms with Crippen LogP contribution in [0.3, 0.4) is 0 Å². The van der Waals surface area contributed by atoms with Gasteiger partial charge >= 0.3 is 10.4 Å². The van der Waals surface area contributed by atoms with Crippen LogP contribution < -0.4 is 0 Å². The molecule has 7 N–H and O–H groups in total. The van der Waals surface area contributed by atoms with E-state index in [9.17, 15) is 34.0 Å². The highest BCUT2D eigenvalue weighted by Crippen LogP contribution is 2.25. The predicted molar refractivity (Wildman–Crippen MR) is 75.5 cm³/mol. The van der Waals surface area contributed by atoms with Crippen molar-refractivity contribution in [2.75, 3.05) is 24.7 Å². The first-order valence-electron chi connectivity index (χ1n) is 6.36. The first-order valence-corrected chi connectivity index (χ1v) is 9.35. The fourth-order valence-corrected chi connectivity index (χ4v) is 5.45. The molecule has 0 aromatic rings. The van der Waals surface area contributed by atoms with Crippen LogP contribution in [0.2, 0.25) is 0 Å². The molecule has 0 amide bonds. The molecule has 22 heavy (non-hydrogen) atoms. The molecule has 0 spiro atoms. The van der Waals surface area contributed by atoms with Gasteiger partial charge in [-0.15, -0.1) is 0 Å². The maximum Gasteiger partial charge on any atom is 0.397 e. The lowest BCUT2D eigenvalue weighted by atomic mass is 10.1. The van der Waals surface area contributed by atoms with Gasteiger partial charge in [0.1, 0.15) is 42.0 Å². The van der Waals surface area contributed by atoms with Gasteiger partial charge in [0.2, 0.25) is 0 Å². The maximum atomic E-state index is 10.7. The number of hydrogen-bond donors (Lipinski definition) is 7. The van der Waals surface area contributed by atoms with Gasteiger partial charge < -0.3 is 30.6 Å². The number of aliphatic hydroxyl groups is 6. The summed E-state index contributed by atoms with van der Waals surface area (Å²) < 4.78 is 34.3. The molecule has 1 unspecified atom stereocenters. The minimum absolute atomic E-state index is 0.0806. The van der Waals surface area contributed by atoms with Gasteiger partial charge in [0.05, 0.1) is 13.2 Å². The van der Waals surface area contributed by atoms with Crippen LogP contribution >= 0.6 is 0 Å². The van der Waals surface area contributed by atoms with Crippen LogP contribution in [-0.2, 0) is 25.5 Å². The first kappa shape index (κ1) is 20.0. The molecule has 0 aromatic carbocycles. The van der Waals surface area contributed by atoms with Gasteiger partial charge in [-0.1, -0.05) is 0 Å². The molecule has 1 fully saturated rings. The Morgan fingerprint density at radius 1 is 1.18 bits per heavy atom. The maximum absolute atomic E-state index is 10.7. The predicted octanol–water partition coefficient (Wildman–Crippen LogP) is -4.40. The Balaban J connectivity index is 2.80. The number of aliphatic hydroxyl groups excluding tert-OH is 6. The Kier molecular flexibility index (Phi) is 7.45. The molecule has 0 radical (unpaired) electrons. The van der Waals surface area contributed by atoms with Crippen LogP contribution in [0.25, 0.3) is 0 Å². The second-order valence-corrected chi connectivity index (χ2v) is 8.35. The van der Waals surface area contributed by atoms with Gasteiger partial charge in [-0.2, -0.15) is 8.42 Å². The summed E-state index contributed by atoms with van der Waals surface area (Å²) in [5.41, 5.74) is 0. The fourth-order valence-electron chi connectivity index (χ4n) is 2.23. The summed E-state index contributed by atoms with van der Waals surface area (Å²) >= 11 is 0. The molecule has 7 atom stereocenters. The smallest absolute Gasteiger partial charge is 0.394 e. The van der Waals surface area contributed by atoms with Crippen molar-refractivity contribution in [2.24, 2.45) is 0 Å². The average Bonchev–Trinajstić information content (AvgIpc) is 2.68. The normalized spacial score (nSPS) is 33.6. The van der Waals surface area contributed by atoms with Crippen LogP contribution in [0.5, 0.6) is 0 Å². The SMILES string of the molecule is O=S(=O)(O)O[C@H]([C@H](O)CO)[C@H](O)C[S+]1C[C@@H](O)[C@H](O)[C@H]1CO. The molecule has 1 rings (SSSR count). The second kappa shape index (κ2) is 8.19. The molecule has 12 heteroatoms. The van der Waals surface area contributed by atoms with Crippen LogP contribution in [0.4, 0.5) is 0 Å². The third-order valence-corrected chi connectivity index (χ3v) is 6.62. The molecular weight excluding hydrogens is 344 g/mol. The van der Waals surface area contributed by atoms with Gasteiger partial charge in [-0.3, -0.25) is 4.55 Å². The molecule has 1 aliphatic rings. The zero-order chi connectivity index (χ0) is 17.1. The Morgan fingerprint density at radius 3 is 2.23 bits per heavy atom. The van der Waals surface area contributed by atoms with Crippen LogP contribution in [0.15, 0.2) is 0 Å². The average molecular weight is 365 g/mol. The molecule has 10 nitrogen and oxygen atoms in total. The van der Waals surface area contributed by atoms with Crippen molar-refractivity contribution in [3.05, 3.63) is 0 Å². The van der Waals surface area contributed by atoms with Crippen molar-refractivity contribution in [1.29, 1.82) is 0 Å². The van der Waals surface area contributed by atoms with Gasteiger partial charge in [0, 0.05) is 10.9 Å². The highest BCUT2D eigenvalue weighted by atomic mass is 32.3. The lowest BCUT2D eigenvalue weighted by Gasteiger charge is -2.24. The Morgan fingerprint density at radius 2 is 1.77 bits per heavy atom. The molecule has 132 valence electrons. The molecule has 0 saturated carbocycles. The van der Waals surface area contributed by atoms with E-state index in [1.165, 1.54) is 0 Å². The number of hydrogen-bond acceptors (Lipinski definition) is 9. The largest absolute Gasteiger partial charge is 0.397 e. The van der Waals surface area contributed by atoms with Gasteiger partial charge in [-0.05, 0) is 0 Å². The molecule has 0 bridgehead atoms. The second-order valence-electron chi connectivity index (χ2n) is 4.96. The summed E-state index contributed by atoms with van der Waals surface area (Å²) in [5.74, 6) is -0.117. The first-order chi connectivity index (χ1) is 10.1. The van der Waals surface area contributed by atoms with E-state index >= 15 is 0 Å². The van der Waals surface area contributed by atoms with Crippen LogP contribution in [-0.4, -0.2) is 104 Å². The standard InChI is InChI=1S/C10H20O10S2/c11-1-5(13)10(20-22(17,18)19)7(15)4-21-3-6(14)9(16)8(21)2-12/h5-16H,1-4H2/p+1/t5-,6-,7-,8-,9+,10-,21?/m1/s1. The third-order valence-electron chi connectivity index (χ3n) is 3.33. The fraction of sp³-hybridized carbons (Fsp3) is 1.00. The van der Waals surface area contributed by atoms with E-state index in [-0.39, 0.29) is 11.5 Å². The van der Waals surface area contributed by atoms with E-state index in [1.54, 1.807) is 0 Å². The van der Waals surface area contributed by atoms with Crippen molar-refractivity contribution in [2.45, 2.75) is 35.8 Å². The molecule has 0 aliphatic carbocycles. The summed E-state index contributed by atoms with van der Waals surface area (Å²) in [6.07, 6.45) is -7.47. The van der Waals surface area contributed by atoms with Gasteiger partial charge in [-0.25, -0.2) is 4.18 Å². The van der Waals surface area contributed by atoms with Crippen molar-refractivity contribution in [3.8, 4) is 0 Å². The Bertz CT molecular complexity index is 443. The van der Waals surface area contributed by atoms with Crippen molar-refractivity contribution < 1.29 is 47.8 Å². The summed E-state index contributed by atoms with van der Waals surface area (Å²) in [4.78, 5) is 0. The van der Waals surface area contributed by atoms with Crippen LogP contribution in [0.1, 0.15) is 0 Å². The highest BCUT2D eigenvalue weighted by molar-refractivity contribution is 7.97. The third kappa shape index (κ3) is 5.26. The van der Waals surface area contributed by atoms with Crippen LogP contribution in [0, 0.1) is 0 Å². The summed E-state index contributed by atoms with van der Waals surface area (Å²) in [6.45, 7) is -1.36. The van der Waals surface area contributed by atoms with E-state index in [0.717, 1.165) is 0 Å². The van der Waals surface area contributed by atoms with E-state index in [0.29, 0.717) is 0 Å². The zero-order valence-electron chi connectivity index (χ0n) is 11.5. The number of rotatable bonds is 8. The molecule has 1 aliphatic heterocycles. The lowest BCUT2D eigenvalue weighted by molar-refractivity contribution is -0.0563. The van der Waals surface area contributed by atoms with Crippen molar-refractivity contribution in [3.63, 3.8) is 0 Å². The van der Waals surface area contributed by atoms with E-state index in [4.69, 9.17) is 9.66 Å². The molecule has 0 aromatic heterocycles. The lowest BCUT2D eigenvalue weighted by Crippen LogP contribution is -2.47. The summed E-state index contributed by atoms with van der Waals surface area (Å²) in [7, 11) is -5.85. The van der Waals surface area contributed by atoms with E-state index in [1.807, 2.05) is 0 Å². The van der Waals surface area contributed by atoms with Crippen molar-refractivity contribution in [1.82, 2.24) is 0 Å². The molecule has 1 heterocycles. The Hall–Kier alpha value is -0.0200. The van der Waals surface area contributed by atoms with E-state index < -0.39 is 70.3 Å². The zero-order valence-corrected chi connectivity index (χ0v) is 13.1. The molecule has 1 saturated heterocycles.